The third-order valence-corrected chi connectivity index (χ3v) is 2.46. The predicted molar refractivity (Wildman–Crippen MR) is 59.0 cm³/mol. The van der Waals surface area contributed by atoms with E-state index in [-0.39, 0.29) is 6.42 Å². The fraction of sp³-hybridized carbons (Fsp3) is 0.900. The summed E-state index contributed by atoms with van der Waals surface area (Å²) in [6, 6.07) is 0. The number of ketones is 1. The predicted octanol–water partition coefficient (Wildman–Crippen LogP) is -2.88. The van der Waals surface area contributed by atoms with E-state index in [4.69, 9.17) is 15.9 Å². The minimum Gasteiger partial charge on any atom is -0.394 e. The third-order valence-electron chi connectivity index (χ3n) is 2.46. The Bertz CT molecular complexity index is 225. The summed E-state index contributed by atoms with van der Waals surface area (Å²) in [6.45, 7) is -0.343. The molecule has 7 heteroatoms. The summed E-state index contributed by atoms with van der Waals surface area (Å²) in [7, 11) is 0. The van der Waals surface area contributed by atoms with Crippen molar-refractivity contribution in [1.29, 1.82) is 0 Å². The average molecular weight is 251 g/mol. The number of aliphatic hydroxyl groups is 5. The van der Waals surface area contributed by atoms with Gasteiger partial charge in [0.1, 0.15) is 24.4 Å². The molecule has 0 amide bonds. The number of rotatable bonds is 9. The van der Waals surface area contributed by atoms with Crippen LogP contribution in [0.2, 0.25) is 0 Å². The molecule has 0 spiro atoms. The lowest BCUT2D eigenvalue weighted by molar-refractivity contribution is -0.147. The molecular weight excluding hydrogens is 230 g/mol. The van der Waals surface area contributed by atoms with Crippen LogP contribution in [0, 0.1) is 0 Å². The van der Waals surface area contributed by atoms with Gasteiger partial charge in [0.15, 0.2) is 5.78 Å². The van der Waals surface area contributed by atoms with Gasteiger partial charge in [0, 0.05) is 6.42 Å². The topological polar surface area (TPSA) is 144 Å². The highest BCUT2D eigenvalue weighted by molar-refractivity contribution is 5.83. The van der Waals surface area contributed by atoms with Crippen molar-refractivity contribution in [2.45, 2.75) is 43.7 Å². The maximum absolute atomic E-state index is 11.4. The van der Waals surface area contributed by atoms with Gasteiger partial charge >= 0.3 is 0 Å². The first-order valence-electron chi connectivity index (χ1n) is 5.51. The number of unbranched alkanes of at least 4 members (excludes halogenated alkanes) is 1. The molecule has 0 aromatic carbocycles. The number of Topliss-reactive ketones (excluding diaryl/α,β-unsaturated/α-hetero) is 1. The number of nitrogens with two attached hydrogens (primary N) is 1. The van der Waals surface area contributed by atoms with Crippen LogP contribution in [0.5, 0.6) is 0 Å². The highest BCUT2D eigenvalue weighted by Crippen LogP contribution is 2.09. The molecule has 0 saturated heterocycles. The smallest absolute Gasteiger partial charge is 0.164 e. The van der Waals surface area contributed by atoms with Gasteiger partial charge in [0.05, 0.1) is 6.61 Å². The molecule has 0 radical (unpaired) electrons. The van der Waals surface area contributed by atoms with Crippen molar-refractivity contribution in [2.75, 3.05) is 13.2 Å². The van der Waals surface area contributed by atoms with E-state index >= 15 is 0 Å². The number of carbonyl (C=O) groups is 1. The minimum atomic E-state index is -1.82. The largest absolute Gasteiger partial charge is 0.394 e. The van der Waals surface area contributed by atoms with Crippen molar-refractivity contribution < 1.29 is 30.3 Å². The van der Waals surface area contributed by atoms with E-state index in [1.807, 2.05) is 0 Å². The van der Waals surface area contributed by atoms with Gasteiger partial charge in [-0.15, -0.1) is 0 Å². The van der Waals surface area contributed by atoms with Gasteiger partial charge < -0.3 is 31.3 Å². The van der Waals surface area contributed by atoms with Crippen molar-refractivity contribution in [3.05, 3.63) is 0 Å². The van der Waals surface area contributed by atoms with E-state index in [0.717, 1.165) is 0 Å². The van der Waals surface area contributed by atoms with Crippen LogP contribution in [0.3, 0.4) is 0 Å². The maximum Gasteiger partial charge on any atom is 0.164 e. The van der Waals surface area contributed by atoms with Gasteiger partial charge in [-0.05, 0) is 19.4 Å². The molecule has 102 valence electrons. The lowest BCUT2D eigenvalue weighted by Gasteiger charge is -2.24. The molecule has 4 atom stereocenters. The zero-order chi connectivity index (χ0) is 13.4. The first kappa shape index (κ1) is 16.4. The van der Waals surface area contributed by atoms with Crippen molar-refractivity contribution in [1.82, 2.24) is 0 Å². The van der Waals surface area contributed by atoms with Gasteiger partial charge in [-0.3, -0.25) is 4.79 Å². The Hall–Kier alpha value is -0.570. The molecule has 0 saturated carbocycles. The summed E-state index contributed by atoms with van der Waals surface area (Å²) in [6.07, 6.45) is -5.82. The molecule has 0 aromatic rings. The molecular formula is C10H21NO6. The van der Waals surface area contributed by atoms with E-state index in [0.29, 0.717) is 19.4 Å². The summed E-state index contributed by atoms with van der Waals surface area (Å²) in [5.74, 6) is -0.630. The second-order valence-electron chi connectivity index (χ2n) is 3.89. The quantitative estimate of drug-likeness (QED) is 0.241. The SMILES string of the molecule is NCCCCC(=O)[C@@H](O)[C@@H](O)[C@H](O)[C@H](O)CO. The van der Waals surface area contributed by atoms with Crippen LogP contribution in [0.15, 0.2) is 0 Å². The van der Waals surface area contributed by atoms with Gasteiger partial charge in [0.25, 0.3) is 0 Å². The molecule has 0 heterocycles. The third kappa shape index (κ3) is 5.53. The Labute approximate surface area is 99.5 Å². The molecule has 7 nitrogen and oxygen atoms in total. The molecule has 0 aliphatic rings. The standard InChI is InChI=1S/C10H21NO6/c11-4-2-1-3-6(13)8(15)10(17)9(16)7(14)5-12/h7-10,12,14-17H,1-5,11H2/t7-,8-,9-,10-/m1/s1. The zero-order valence-electron chi connectivity index (χ0n) is 9.57. The summed E-state index contributed by atoms with van der Waals surface area (Å²) in [5.41, 5.74) is 5.23. The van der Waals surface area contributed by atoms with Crippen LogP contribution in [0.4, 0.5) is 0 Å². The Morgan fingerprint density at radius 1 is 1.06 bits per heavy atom. The Morgan fingerprint density at radius 2 is 1.65 bits per heavy atom. The van der Waals surface area contributed by atoms with Gasteiger partial charge in [-0.2, -0.15) is 0 Å². The molecule has 0 unspecified atom stereocenters. The second-order valence-corrected chi connectivity index (χ2v) is 3.89. The highest BCUT2D eigenvalue weighted by Gasteiger charge is 2.33. The maximum atomic E-state index is 11.4. The second kappa shape index (κ2) is 8.51. The monoisotopic (exact) mass is 251 g/mol. The summed E-state index contributed by atoms with van der Waals surface area (Å²) in [5, 5.41) is 45.7. The lowest BCUT2D eigenvalue weighted by atomic mass is 9.98. The zero-order valence-corrected chi connectivity index (χ0v) is 9.57. The number of carbonyl (C=O) groups excluding carboxylic acids is 1. The molecule has 0 bridgehead atoms. The molecule has 7 N–H and O–H groups in total. The first-order chi connectivity index (χ1) is 7.95. The highest BCUT2D eigenvalue weighted by atomic mass is 16.4. The van der Waals surface area contributed by atoms with Crippen molar-refractivity contribution in [3.8, 4) is 0 Å². The molecule has 0 aromatic heterocycles. The molecule has 0 aliphatic carbocycles. The molecule has 0 aliphatic heterocycles. The summed E-state index contributed by atoms with van der Waals surface area (Å²) < 4.78 is 0. The fourth-order valence-electron chi connectivity index (χ4n) is 1.30. The number of hydrogen-bond acceptors (Lipinski definition) is 7. The van der Waals surface area contributed by atoms with Gasteiger partial charge in [-0.1, -0.05) is 0 Å². The Morgan fingerprint density at radius 3 is 2.12 bits per heavy atom. The van der Waals surface area contributed by atoms with E-state index < -0.39 is 36.8 Å². The summed E-state index contributed by atoms with van der Waals surface area (Å²) in [4.78, 5) is 11.4. The van der Waals surface area contributed by atoms with Gasteiger partial charge in [0.2, 0.25) is 0 Å². The van der Waals surface area contributed by atoms with E-state index in [1.165, 1.54) is 0 Å². The van der Waals surface area contributed by atoms with Crippen LogP contribution >= 0.6 is 0 Å². The van der Waals surface area contributed by atoms with E-state index in [9.17, 15) is 20.1 Å². The van der Waals surface area contributed by atoms with Crippen LogP contribution in [0.1, 0.15) is 19.3 Å². The average Bonchev–Trinajstić information content (AvgIpc) is 2.35. The van der Waals surface area contributed by atoms with E-state index in [2.05, 4.69) is 0 Å². The molecule has 0 fully saturated rings. The summed E-state index contributed by atoms with van der Waals surface area (Å²) >= 11 is 0. The number of aliphatic hydroxyl groups excluding tert-OH is 5. The molecule has 17 heavy (non-hydrogen) atoms. The minimum absolute atomic E-state index is 0.0391. The molecule has 0 rings (SSSR count). The first-order valence-corrected chi connectivity index (χ1v) is 5.51. The van der Waals surface area contributed by atoms with Crippen molar-refractivity contribution in [2.24, 2.45) is 5.73 Å². The fourth-order valence-corrected chi connectivity index (χ4v) is 1.30. The Balaban J connectivity index is 4.18. The Kier molecular flexibility index (Phi) is 8.23. The van der Waals surface area contributed by atoms with Gasteiger partial charge in [-0.25, -0.2) is 0 Å². The van der Waals surface area contributed by atoms with E-state index in [1.54, 1.807) is 0 Å². The lowest BCUT2D eigenvalue weighted by Crippen LogP contribution is -2.48. The van der Waals surface area contributed by atoms with Crippen molar-refractivity contribution in [3.63, 3.8) is 0 Å². The normalized spacial score (nSPS) is 18.5. The van der Waals surface area contributed by atoms with Crippen molar-refractivity contribution >= 4 is 5.78 Å². The van der Waals surface area contributed by atoms with Crippen LogP contribution in [-0.2, 0) is 4.79 Å². The number of hydrogen-bond donors (Lipinski definition) is 6. The van der Waals surface area contributed by atoms with Crippen LogP contribution in [-0.4, -0.2) is 68.9 Å². The van der Waals surface area contributed by atoms with Crippen LogP contribution < -0.4 is 5.73 Å². The van der Waals surface area contributed by atoms with Crippen LogP contribution in [0.25, 0.3) is 0 Å².